The van der Waals surface area contributed by atoms with E-state index in [0.29, 0.717) is 6.54 Å². The van der Waals surface area contributed by atoms with Crippen molar-refractivity contribution in [3.63, 3.8) is 0 Å². The van der Waals surface area contributed by atoms with Crippen LogP contribution in [0.3, 0.4) is 0 Å². The van der Waals surface area contributed by atoms with Gasteiger partial charge in [-0.25, -0.2) is 9.97 Å². The minimum absolute atomic E-state index is 0.151. The number of anilines is 2. The smallest absolute Gasteiger partial charge is 0.373 e. The van der Waals surface area contributed by atoms with E-state index in [1.807, 2.05) is 0 Å². The van der Waals surface area contributed by atoms with Crippen molar-refractivity contribution in [3.8, 4) is 0 Å². The Bertz CT molecular complexity index is 458. The van der Waals surface area contributed by atoms with E-state index in [1.54, 1.807) is 0 Å². The molecule has 1 saturated heterocycles. The van der Waals surface area contributed by atoms with Crippen LogP contribution >= 0.6 is 0 Å². The minimum Gasteiger partial charge on any atom is -0.373 e. The van der Waals surface area contributed by atoms with Gasteiger partial charge in [0, 0.05) is 26.2 Å². The number of hydrogen-bond acceptors (Lipinski definition) is 5. The number of likely N-dealkylation sites (tertiary alicyclic amines) is 1. The van der Waals surface area contributed by atoms with Crippen molar-refractivity contribution in [2.24, 2.45) is 0 Å². The lowest BCUT2D eigenvalue weighted by Gasteiger charge is -2.26. The first-order valence-corrected chi connectivity index (χ1v) is 7.09. The third-order valence-electron chi connectivity index (χ3n) is 3.42. The highest BCUT2D eigenvalue weighted by atomic mass is 19.4. The molecule has 0 saturated carbocycles. The van der Waals surface area contributed by atoms with Gasteiger partial charge < -0.3 is 15.5 Å². The van der Waals surface area contributed by atoms with Gasteiger partial charge in [-0.05, 0) is 25.9 Å². The predicted octanol–water partition coefficient (Wildman–Crippen LogP) is 2.43. The van der Waals surface area contributed by atoms with Gasteiger partial charge in [0.1, 0.15) is 11.6 Å². The molecule has 8 heteroatoms. The molecule has 1 aromatic rings. The van der Waals surface area contributed by atoms with Gasteiger partial charge in [-0.1, -0.05) is 6.42 Å². The Morgan fingerprint density at radius 2 is 1.81 bits per heavy atom. The van der Waals surface area contributed by atoms with E-state index in [0.717, 1.165) is 19.6 Å². The summed E-state index contributed by atoms with van der Waals surface area (Å²) in [4.78, 5) is 9.26. The molecule has 5 nitrogen and oxygen atoms in total. The van der Waals surface area contributed by atoms with Crippen LogP contribution in [0.1, 0.15) is 25.1 Å². The van der Waals surface area contributed by atoms with Gasteiger partial charge in [0.15, 0.2) is 0 Å². The standard InChI is InChI=1S/C13H20F3N5/c1-17-10-9-11(20-12(19-10)13(14,15)16)18-5-8-21-6-3-2-4-7-21/h9H,2-8H2,1H3,(H2,17,18,19,20). The zero-order valence-corrected chi connectivity index (χ0v) is 12.0. The fourth-order valence-electron chi connectivity index (χ4n) is 2.32. The average Bonchev–Trinajstić information content (AvgIpc) is 2.47. The molecule has 0 unspecified atom stereocenters. The van der Waals surface area contributed by atoms with Gasteiger partial charge in [-0.3, -0.25) is 0 Å². The summed E-state index contributed by atoms with van der Waals surface area (Å²) in [7, 11) is 1.53. The van der Waals surface area contributed by atoms with Crippen LogP contribution in [0.5, 0.6) is 0 Å². The maximum atomic E-state index is 12.7. The Morgan fingerprint density at radius 3 is 2.43 bits per heavy atom. The van der Waals surface area contributed by atoms with E-state index in [9.17, 15) is 13.2 Å². The third-order valence-corrected chi connectivity index (χ3v) is 3.42. The highest BCUT2D eigenvalue weighted by molar-refractivity contribution is 5.47. The van der Waals surface area contributed by atoms with E-state index in [4.69, 9.17) is 0 Å². The third kappa shape index (κ3) is 4.73. The maximum Gasteiger partial charge on any atom is 0.451 e. The molecule has 118 valence electrons. The number of halogens is 3. The number of hydrogen-bond donors (Lipinski definition) is 2. The van der Waals surface area contributed by atoms with Crippen molar-refractivity contribution < 1.29 is 13.2 Å². The Kier molecular flexibility index (Phi) is 5.22. The number of nitrogens with zero attached hydrogens (tertiary/aromatic N) is 3. The molecule has 1 aromatic heterocycles. The van der Waals surface area contributed by atoms with Crippen molar-refractivity contribution in [3.05, 3.63) is 11.9 Å². The highest BCUT2D eigenvalue weighted by Gasteiger charge is 2.35. The van der Waals surface area contributed by atoms with Crippen LogP contribution in [0.4, 0.5) is 24.8 Å². The van der Waals surface area contributed by atoms with Crippen LogP contribution in [0.25, 0.3) is 0 Å². The molecule has 1 fully saturated rings. The van der Waals surface area contributed by atoms with Crippen LogP contribution in [0.15, 0.2) is 6.07 Å². The van der Waals surface area contributed by atoms with Gasteiger partial charge in [0.2, 0.25) is 5.82 Å². The molecule has 0 aromatic carbocycles. The summed E-state index contributed by atoms with van der Waals surface area (Å²) in [5, 5.41) is 5.56. The predicted molar refractivity (Wildman–Crippen MR) is 75.4 cm³/mol. The van der Waals surface area contributed by atoms with Gasteiger partial charge in [0.05, 0.1) is 0 Å². The molecule has 0 atom stereocenters. The number of piperidine rings is 1. The molecule has 0 amide bonds. The first-order chi connectivity index (χ1) is 9.99. The van der Waals surface area contributed by atoms with Crippen molar-refractivity contribution in [2.75, 3.05) is 43.9 Å². The van der Waals surface area contributed by atoms with E-state index in [-0.39, 0.29) is 11.6 Å². The molecule has 0 radical (unpaired) electrons. The monoisotopic (exact) mass is 303 g/mol. The first kappa shape index (κ1) is 15.8. The van der Waals surface area contributed by atoms with Crippen molar-refractivity contribution >= 4 is 11.6 Å². The second-order valence-corrected chi connectivity index (χ2v) is 5.04. The Balaban J connectivity index is 1.95. The topological polar surface area (TPSA) is 53.1 Å². The fourth-order valence-corrected chi connectivity index (χ4v) is 2.32. The Labute approximate surface area is 122 Å². The van der Waals surface area contributed by atoms with E-state index >= 15 is 0 Å². The molecular formula is C13H20F3N5. The molecule has 1 aliphatic heterocycles. The number of aromatic nitrogens is 2. The molecule has 1 aliphatic rings. The second kappa shape index (κ2) is 6.93. The second-order valence-electron chi connectivity index (χ2n) is 5.04. The minimum atomic E-state index is -4.55. The molecule has 2 rings (SSSR count). The largest absolute Gasteiger partial charge is 0.451 e. The summed E-state index contributed by atoms with van der Waals surface area (Å²) in [5.41, 5.74) is 0. The molecule has 0 aliphatic carbocycles. The number of nitrogens with one attached hydrogen (secondary N) is 2. The van der Waals surface area contributed by atoms with Crippen LogP contribution in [0.2, 0.25) is 0 Å². The van der Waals surface area contributed by atoms with E-state index in [2.05, 4.69) is 25.5 Å². The maximum absolute atomic E-state index is 12.7. The molecule has 2 N–H and O–H groups in total. The fraction of sp³-hybridized carbons (Fsp3) is 0.692. The van der Waals surface area contributed by atoms with Crippen molar-refractivity contribution in [2.45, 2.75) is 25.4 Å². The van der Waals surface area contributed by atoms with Gasteiger partial charge in [0.25, 0.3) is 0 Å². The SMILES string of the molecule is CNc1cc(NCCN2CCCCC2)nc(C(F)(F)F)n1. The zero-order valence-electron chi connectivity index (χ0n) is 12.0. The summed E-state index contributed by atoms with van der Waals surface area (Å²) in [6, 6.07) is 1.48. The summed E-state index contributed by atoms with van der Waals surface area (Å²) < 4.78 is 38.1. The zero-order chi connectivity index (χ0) is 15.3. The first-order valence-electron chi connectivity index (χ1n) is 7.09. The van der Waals surface area contributed by atoms with Gasteiger partial charge in [-0.2, -0.15) is 13.2 Å². The van der Waals surface area contributed by atoms with Crippen molar-refractivity contribution in [1.82, 2.24) is 14.9 Å². The van der Waals surface area contributed by atoms with Gasteiger partial charge >= 0.3 is 6.18 Å². The average molecular weight is 303 g/mol. The summed E-state index contributed by atoms with van der Waals surface area (Å²) in [5.74, 6) is -0.786. The molecule has 2 heterocycles. The Morgan fingerprint density at radius 1 is 1.14 bits per heavy atom. The van der Waals surface area contributed by atoms with Gasteiger partial charge in [-0.15, -0.1) is 0 Å². The van der Waals surface area contributed by atoms with E-state index < -0.39 is 12.0 Å². The van der Waals surface area contributed by atoms with Crippen LogP contribution < -0.4 is 10.6 Å². The Hall–Kier alpha value is -1.57. The lowest BCUT2D eigenvalue weighted by Crippen LogP contribution is -2.33. The molecule has 0 bridgehead atoms. The van der Waals surface area contributed by atoms with Crippen LogP contribution in [-0.2, 0) is 6.18 Å². The summed E-state index contributed by atoms with van der Waals surface area (Å²) >= 11 is 0. The van der Waals surface area contributed by atoms with Crippen LogP contribution in [0, 0.1) is 0 Å². The summed E-state index contributed by atoms with van der Waals surface area (Å²) in [6.45, 7) is 3.49. The highest BCUT2D eigenvalue weighted by Crippen LogP contribution is 2.28. The van der Waals surface area contributed by atoms with E-state index in [1.165, 1.54) is 32.4 Å². The van der Waals surface area contributed by atoms with Crippen LogP contribution in [-0.4, -0.2) is 48.1 Å². The molecular weight excluding hydrogens is 283 g/mol. The van der Waals surface area contributed by atoms with Crippen molar-refractivity contribution in [1.29, 1.82) is 0 Å². The summed E-state index contributed by atoms with van der Waals surface area (Å²) in [6.07, 6.45) is -0.905. The number of alkyl halides is 3. The normalized spacial score (nSPS) is 16.8. The lowest BCUT2D eigenvalue weighted by molar-refractivity contribution is -0.144. The quantitative estimate of drug-likeness (QED) is 0.875. The molecule has 0 spiro atoms. The number of rotatable bonds is 5. The lowest BCUT2D eigenvalue weighted by atomic mass is 10.1. The molecule has 21 heavy (non-hydrogen) atoms.